The normalized spacial score (nSPS) is 12.8. The fourth-order valence-electron chi connectivity index (χ4n) is 1.85. The molecular weight excluding hydrogens is 268 g/mol. The maximum Gasteiger partial charge on any atom is 0.407 e. The number of aliphatic hydroxyl groups excluding tert-OH is 1. The van der Waals surface area contributed by atoms with Crippen LogP contribution in [-0.4, -0.2) is 29.9 Å². The molecule has 0 bridgehead atoms. The van der Waals surface area contributed by atoms with Crippen molar-refractivity contribution < 1.29 is 14.6 Å². The van der Waals surface area contributed by atoms with Gasteiger partial charge < -0.3 is 20.5 Å². The molecule has 1 rings (SSSR count). The van der Waals surface area contributed by atoms with Crippen LogP contribution in [0, 0.1) is 0 Å². The number of alkyl carbamates (subject to hydrolysis) is 1. The Hall–Kier alpha value is -1.59. The molecule has 0 aliphatic carbocycles. The molecule has 0 radical (unpaired) electrons. The van der Waals surface area contributed by atoms with Crippen molar-refractivity contribution in [3.8, 4) is 0 Å². The number of benzene rings is 1. The number of hydrogen-bond donors (Lipinski definition) is 3. The zero-order valence-corrected chi connectivity index (χ0v) is 13.3. The van der Waals surface area contributed by atoms with E-state index in [1.807, 2.05) is 52.0 Å². The van der Waals surface area contributed by atoms with E-state index in [-0.39, 0.29) is 12.6 Å². The Labute approximate surface area is 126 Å². The summed E-state index contributed by atoms with van der Waals surface area (Å²) in [5.41, 5.74) is 1.53. The van der Waals surface area contributed by atoms with Gasteiger partial charge in [0.2, 0.25) is 0 Å². The third kappa shape index (κ3) is 7.11. The Morgan fingerprint density at radius 1 is 1.33 bits per heavy atom. The van der Waals surface area contributed by atoms with Crippen molar-refractivity contribution in [1.29, 1.82) is 0 Å². The second-order valence-electron chi connectivity index (χ2n) is 6.01. The minimum atomic E-state index is -0.477. The molecule has 1 unspecified atom stereocenters. The fraction of sp³-hybridized carbons (Fsp3) is 0.562. The van der Waals surface area contributed by atoms with Crippen LogP contribution in [0.5, 0.6) is 0 Å². The lowest BCUT2D eigenvalue weighted by atomic mass is 10.1. The molecule has 21 heavy (non-hydrogen) atoms. The summed E-state index contributed by atoms with van der Waals surface area (Å²) in [4.78, 5) is 11.5. The monoisotopic (exact) mass is 294 g/mol. The summed E-state index contributed by atoms with van der Waals surface area (Å²) in [7, 11) is 0. The number of carbonyl (C=O) groups is 1. The molecule has 5 heteroatoms. The third-order valence-electron chi connectivity index (χ3n) is 2.88. The van der Waals surface area contributed by atoms with E-state index in [9.17, 15) is 4.79 Å². The molecule has 0 aliphatic rings. The van der Waals surface area contributed by atoms with Gasteiger partial charge in [-0.1, -0.05) is 24.3 Å². The van der Waals surface area contributed by atoms with Crippen molar-refractivity contribution in [2.24, 2.45) is 0 Å². The van der Waals surface area contributed by atoms with Gasteiger partial charge in [0.05, 0.1) is 6.61 Å². The van der Waals surface area contributed by atoms with Crippen LogP contribution in [0.1, 0.15) is 44.9 Å². The van der Waals surface area contributed by atoms with Crippen LogP contribution in [0.4, 0.5) is 4.79 Å². The molecule has 0 saturated heterocycles. The van der Waals surface area contributed by atoms with E-state index < -0.39 is 11.7 Å². The van der Waals surface area contributed by atoms with Crippen molar-refractivity contribution in [2.75, 3.05) is 13.1 Å². The third-order valence-corrected chi connectivity index (χ3v) is 2.88. The lowest BCUT2D eigenvalue weighted by Crippen LogP contribution is -2.36. The summed E-state index contributed by atoms with van der Waals surface area (Å²) in [6.45, 7) is 8.73. The van der Waals surface area contributed by atoms with E-state index >= 15 is 0 Å². The van der Waals surface area contributed by atoms with E-state index in [0.29, 0.717) is 13.1 Å². The molecule has 0 fully saturated rings. The summed E-state index contributed by atoms with van der Waals surface area (Å²) in [6.07, 6.45) is -0.403. The van der Waals surface area contributed by atoms with Gasteiger partial charge in [-0.15, -0.1) is 0 Å². The van der Waals surface area contributed by atoms with Crippen molar-refractivity contribution in [3.63, 3.8) is 0 Å². The van der Waals surface area contributed by atoms with Crippen molar-refractivity contribution in [1.82, 2.24) is 10.6 Å². The number of nitrogens with one attached hydrogen (secondary N) is 2. The molecule has 0 saturated carbocycles. The van der Waals surface area contributed by atoms with E-state index in [1.165, 1.54) is 0 Å². The minimum absolute atomic E-state index is 0.0424. The Kier molecular flexibility index (Phi) is 6.65. The molecule has 5 nitrogen and oxygen atoms in total. The minimum Gasteiger partial charge on any atom is -0.444 e. The number of ether oxygens (including phenoxy) is 1. The second-order valence-corrected chi connectivity index (χ2v) is 6.01. The van der Waals surface area contributed by atoms with E-state index in [0.717, 1.165) is 11.1 Å². The summed E-state index contributed by atoms with van der Waals surface area (Å²) < 4.78 is 5.15. The fourth-order valence-corrected chi connectivity index (χ4v) is 1.85. The summed E-state index contributed by atoms with van der Waals surface area (Å²) in [5, 5.41) is 15.2. The number of rotatable bonds is 6. The first kappa shape index (κ1) is 17.5. The van der Waals surface area contributed by atoms with Gasteiger partial charge in [-0.3, -0.25) is 0 Å². The molecule has 1 aromatic carbocycles. The highest BCUT2D eigenvalue weighted by atomic mass is 16.6. The standard InChI is InChI=1S/C16H26N2O3/c1-12(14-7-5-6-13(10-14)11-19)17-8-9-18-15(20)21-16(2,3)4/h5-7,10,12,17,19H,8-9,11H2,1-4H3,(H,18,20). The largest absolute Gasteiger partial charge is 0.444 e. The maximum atomic E-state index is 11.5. The van der Waals surface area contributed by atoms with Gasteiger partial charge >= 0.3 is 6.09 Å². The topological polar surface area (TPSA) is 70.6 Å². The highest BCUT2D eigenvalue weighted by Crippen LogP contribution is 2.13. The van der Waals surface area contributed by atoms with E-state index in [1.54, 1.807) is 0 Å². The number of carbonyl (C=O) groups excluding carboxylic acids is 1. The van der Waals surface area contributed by atoms with Crippen LogP contribution in [-0.2, 0) is 11.3 Å². The second kappa shape index (κ2) is 8.00. The molecule has 0 aromatic heterocycles. The zero-order valence-electron chi connectivity index (χ0n) is 13.3. The van der Waals surface area contributed by atoms with Gasteiger partial charge in [0.15, 0.2) is 0 Å². The summed E-state index contributed by atoms with van der Waals surface area (Å²) >= 11 is 0. The Morgan fingerprint density at radius 3 is 2.67 bits per heavy atom. The predicted octanol–water partition coefficient (Wildman–Crippen LogP) is 2.35. The smallest absolute Gasteiger partial charge is 0.407 e. The first-order valence-corrected chi connectivity index (χ1v) is 7.22. The molecule has 0 heterocycles. The summed E-state index contributed by atoms with van der Waals surface area (Å²) in [5.74, 6) is 0. The summed E-state index contributed by atoms with van der Waals surface area (Å²) in [6, 6.07) is 7.95. The van der Waals surface area contributed by atoms with E-state index in [2.05, 4.69) is 10.6 Å². The molecule has 1 atom stereocenters. The molecule has 1 amide bonds. The quantitative estimate of drug-likeness (QED) is 0.704. The molecule has 0 spiro atoms. The van der Waals surface area contributed by atoms with Crippen molar-refractivity contribution in [3.05, 3.63) is 35.4 Å². The highest BCUT2D eigenvalue weighted by Gasteiger charge is 2.15. The SMILES string of the molecule is CC(NCCNC(=O)OC(C)(C)C)c1cccc(CO)c1. The van der Waals surface area contributed by atoms with Crippen LogP contribution >= 0.6 is 0 Å². The molecular formula is C16H26N2O3. The molecule has 118 valence electrons. The van der Waals surface area contributed by atoms with Gasteiger partial charge in [-0.05, 0) is 38.8 Å². The van der Waals surface area contributed by atoms with Gasteiger partial charge in [0.1, 0.15) is 5.60 Å². The van der Waals surface area contributed by atoms with Crippen molar-refractivity contribution >= 4 is 6.09 Å². The lowest BCUT2D eigenvalue weighted by Gasteiger charge is -2.20. The van der Waals surface area contributed by atoms with Crippen LogP contribution in [0.25, 0.3) is 0 Å². The number of hydrogen-bond acceptors (Lipinski definition) is 4. The van der Waals surface area contributed by atoms with Crippen LogP contribution < -0.4 is 10.6 Å². The number of amides is 1. The van der Waals surface area contributed by atoms with Crippen molar-refractivity contribution in [2.45, 2.75) is 45.9 Å². The van der Waals surface area contributed by atoms with Gasteiger partial charge in [-0.2, -0.15) is 0 Å². The zero-order chi connectivity index (χ0) is 15.9. The van der Waals surface area contributed by atoms with Gasteiger partial charge in [-0.25, -0.2) is 4.79 Å². The highest BCUT2D eigenvalue weighted by molar-refractivity contribution is 5.67. The van der Waals surface area contributed by atoms with Gasteiger partial charge in [0.25, 0.3) is 0 Å². The molecule has 1 aromatic rings. The molecule has 0 aliphatic heterocycles. The first-order valence-electron chi connectivity index (χ1n) is 7.22. The van der Waals surface area contributed by atoms with Crippen LogP contribution in [0.3, 0.4) is 0 Å². The van der Waals surface area contributed by atoms with Crippen LogP contribution in [0.15, 0.2) is 24.3 Å². The Morgan fingerprint density at radius 2 is 2.05 bits per heavy atom. The Bertz CT molecular complexity index is 455. The van der Waals surface area contributed by atoms with E-state index in [4.69, 9.17) is 9.84 Å². The van der Waals surface area contributed by atoms with Gasteiger partial charge in [0, 0.05) is 19.1 Å². The average Bonchev–Trinajstić information content (AvgIpc) is 2.41. The number of aliphatic hydroxyl groups is 1. The molecule has 3 N–H and O–H groups in total. The predicted molar refractivity (Wildman–Crippen MR) is 83.0 cm³/mol. The van der Waals surface area contributed by atoms with Crippen LogP contribution in [0.2, 0.25) is 0 Å². The Balaban J connectivity index is 2.30. The first-order chi connectivity index (χ1) is 9.81. The lowest BCUT2D eigenvalue weighted by molar-refractivity contribution is 0.0528. The maximum absolute atomic E-state index is 11.5. The average molecular weight is 294 g/mol.